The van der Waals surface area contributed by atoms with Crippen molar-refractivity contribution in [2.24, 2.45) is 0 Å². The first-order chi connectivity index (χ1) is 14.2. The van der Waals surface area contributed by atoms with Crippen molar-refractivity contribution in [3.8, 4) is 5.88 Å². The number of aldehydes is 1. The number of carbonyl (C=O) groups excluding carboxylic acids is 1. The number of ether oxygens (including phenoxy) is 1. The molecule has 0 radical (unpaired) electrons. The fourth-order valence-corrected chi connectivity index (χ4v) is 5.57. The van der Waals surface area contributed by atoms with Crippen LogP contribution in [0.5, 0.6) is 5.88 Å². The Hall–Kier alpha value is -2.15. The molecule has 2 aromatic rings. The van der Waals surface area contributed by atoms with Crippen molar-refractivity contribution in [3.63, 3.8) is 0 Å². The standard InChI is InChI=1S/C19H19FIN3O5S/c1-11-15(22-14-3-2-12(21)10-13(14)20)16(18-24(17(11)26)7-9-29-18)23-30(27,28)19(4-5-19)6-8-25/h2-3,8,10,22-23H,4-7,9H2,1H3. The van der Waals surface area contributed by atoms with E-state index < -0.39 is 20.6 Å². The van der Waals surface area contributed by atoms with E-state index in [0.29, 0.717) is 22.7 Å². The van der Waals surface area contributed by atoms with Crippen LogP contribution in [-0.2, 0) is 21.4 Å². The monoisotopic (exact) mass is 547 g/mol. The fraction of sp³-hybridized carbons (Fsp3) is 0.368. The van der Waals surface area contributed by atoms with Crippen LogP contribution in [0.15, 0.2) is 23.0 Å². The number of halogens is 2. The largest absolute Gasteiger partial charge is 0.475 e. The van der Waals surface area contributed by atoms with Crippen LogP contribution in [-0.4, -0.2) is 30.6 Å². The van der Waals surface area contributed by atoms with Crippen molar-refractivity contribution in [1.82, 2.24) is 4.57 Å². The molecule has 8 nitrogen and oxygen atoms in total. The van der Waals surface area contributed by atoms with Crippen molar-refractivity contribution in [3.05, 3.63) is 43.5 Å². The van der Waals surface area contributed by atoms with Gasteiger partial charge in [-0.3, -0.25) is 14.1 Å². The third kappa shape index (κ3) is 3.47. The van der Waals surface area contributed by atoms with Crippen molar-refractivity contribution < 1.29 is 22.3 Å². The quantitative estimate of drug-likeness (QED) is 0.408. The third-order valence-electron chi connectivity index (χ3n) is 5.46. The Labute approximate surface area is 186 Å². The lowest BCUT2D eigenvalue weighted by atomic mass is 10.2. The number of sulfonamides is 1. The van der Waals surface area contributed by atoms with E-state index in [1.807, 2.05) is 22.6 Å². The van der Waals surface area contributed by atoms with E-state index in [1.165, 1.54) is 23.6 Å². The van der Waals surface area contributed by atoms with Crippen LogP contribution < -0.4 is 20.3 Å². The van der Waals surface area contributed by atoms with Gasteiger partial charge in [-0.25, -0.2) is 12.8 Å². The van der Waals surface area contributed by atoms with Crippen LogP contribution in [0, 0.1) is 16.3 Å². The Morgan fingerprint density at radius 3 is 2.70 bits per heavy atom. The lowest BCUT2D eigenvalue weighted by Gasteiger charge is -2.22. The number of nitrogens with zero attached hydrogens (tertiary/aromatic N) is 1. The molecule has 1 aliphatic carbocycles. The number of pyridine rings is 1. The summed E-state index contributed by atoms with van der Waals surface area (Å²) in [5.41, 5.74) is 0.127. The number of hydrogen-bond donors (Lipinski definition) is 2. The molecule has 160 valence electrons. The first kappa shape index (κ1) is 21.1. The van der Waals surface area contributed by atoms with Crippen molar-refractivity contribution in [2.75, 3.05) is 16.6 Å². The second-order valence-electron chi connectivity index (χ2n) is 7.39. The number of hydrogen-bond acceptors (Lipinski definition) is 6. The number of anilines is 3. The first-order valence-electron chi connectivity index (χ1n) is 9.27. The average molecular weight is 547 g/mol. The van der Waals surface area contributed by atoms with Gasteiger partial charge in [-0.2, -0.15) is 0 Å². The van der Waals surface area contributed by atoms with E-state index in [9.17, 15) is 22.4 Å². The van der Waals surface area contributed by atoms with E-state index in [-0.39, 0.29) is 53.6 Å². The molecule has 4 rings (SSSR count). The summed E-state index contributed by atoms with van der Waals surface area (Å²) in [7, 11) is -3.96. The third-order valence-corrected chi connectivity index (χ3v) is 8.32. The van der Waals surface area contributed by atoms with Gasteiger partial charge in [-0.15, -0.1) is 0 Å². The molecule has 2 aliphatic rings. The van der Waals surface area contributed by atoms with Gasteiger partial charge in [0.25, 0.3) is 5.56 Å². The van der Waals surface area contributed by atoms with E-state index >= 15 is 0 Å². The van der Waals surface area contributed by atoms with Crippen LogP contribution in [0.4, 0.5) is 21.5 Å². The fourth-order valence-electron chi connectivity index (χ4n) is 3.51. The van der Waals surface area contributed by atoms with Gasteiger partial charge in [-0.05, 0) is 60.6 Å². The molecule has 1 aromatic heterocycles. The minimum absolute atomic E-state index is 0.0414. The number of fused-ring (bicyclic) bond motifs is 1. The maximum Gasteiger partial charge on any atom is 0.258 e. The van der Waals surface area contributed by atoms with E-state index in [2.05, 4.69) is 10.0 Å². The second-order valence-corrected chi connectivity index (χ2v) is 10.7. The zero-order valence-electron chi connectivity index (χ0n) is 16.0. The number of carbonyl (C=O) groups is 1. The molecular weight excluding hydrogens is 528 g/mol. The van der Waals surface area contributed by atoms with E-state index in [0.717, 1.165) is 0 Å². The second kappa shape index (κ2) is 7.52. The van der Waals surface area contributed by atoms with E-state index in [4.69, 9.17) is 4.74 Å². The van der Waals surface area contributed by atoms with Crippen molar-refractivity contribution >= 4 is 56.0 Å². The summed E-state index contributed by atoms with van der Waals surface area (Å²) in [6, 6.07) is 4.52. The van der Waals surface area contributed by atoms with Crippen molar-refractivity contribution in [1.29, 1.82) is 0 Å². The minimum Gasteiger partial charge on any atom is -0.475 e. The summed E-state index contributed by atoms with van der Waals surface area (Å²) in [5.74, 6) is -0.472. The smallest absolute Gasteiger partial charge is 0.258 e. The molecule has 1 aromatic carbocycles. The minimum atomic E-state index is -3.96. The summed E-state index contributed by atoms with van der Waals surface area (Å²) in [5, 5.41) is 2.87. The Bertz CT molecular complexity index is 1210. The molecule has 1 saturated carbocycles. The predicted octanol–water partition coefficient (Wildman–Crippen LogP) is 2.90. The van der Waals surface area contributed by atoms with Crippen LogP contribution in [0.1, 0.15) is 24.8 Å². The molecule has 0 unspecified atom stereocenters. The zero-order valence-corrected chi connectivity index (χ0v) is 19.0. The predicted molar refractivity (Wildman–Crippen MR) is 119 cm³/mol. The molecule has 1 fully saturated rings. The molecule has 1 aliphatic heterocycles. The highest BCUT2D eigenvalue weighted by atomic mass is 127. The van der Waals surface area contributed by atoms with E-state index in [1.54, 1.807) is 6.07 Å². The molecule has 0 saturated heterocycles. The summed E-state index contributed by atoms with van der Waals surface area (Å²) in [4.78, 5) is 23.8. The number of rotatable bonds is 7. The molecule has 2 heterocycles. The summed E-state index contributed by atoms with van der Waals surface area (Å²) in [6.07, 6.45) is 1.20. The molecule has 0 bridgehead atoms. The Kier molecular flexibility index (Phi) is 5.29. The zero-order chi connectivity index (χ0) is 21.7. The van der Waals surface area contributed by atoms with Crippen LogP contribution in [0.2, 0.25) is 0 Å². The molecule has 0 atom stereocenters. The summed E-state index contributed by atoms with van der Waals surface area (Å²) in [6.45, 7) is 2.03. The van der Waals surface area contributed by atoms with Gasteiger partial charge in [0.2, 0.25) is 15.9 Å². The van der Waals surface area contributed by atoms with Gasteiger partial charge in [0.05, 0.1) is 22.7 Å². The molecular formula is C19H19FIN3O5S. The molecule has 11 heteroatoms. The van der Waals surface area contributed by atoms with Gasteiger partial charge in [0, 0.05) is 15.6 Å². The average Bonchev–Trinajstić information content (AvgIpc) is 3.32. The normalized spacial score (nSPS) is 16.5. The topological polar surface area (TPSA) is 106 Å². The SMILES string of the molecule is Cc1c(Nc2ccc(I)cc2F)c(NS(=O)(=O)C2(CC=O)CC2)c2n(c1=O)CCO2. The van der Waals surface area contributed by atoms with Crippen LogP contribution in [0.3, 0.4) is 0 Å². The van der Waals surface area contributed by atoms with Gasteiger partial charge in [0.1, 0.15) is 24.4 Å². The Balaban J connectivity index is 1.85. The molecule has 2 N–H and O–H groups in total. The highest BCUT2D eigenvalue weighted by Crippen LogP contribution is 2.48. The molecule has 0 amide bonds. The van der Waals surface area contributed by atoms with Gasteiger partial charge in [-0.1, -0.05) is 0 Å². The summed E-state index contributed by atoms with van der Waals surface area (Å²) < 4.78 is 49.6. The number of aromatic nitrogens is 1. The maximum atomic E-state index is 14.5. The number of nitrogens with one attached hydrogen (secondary N) is 2. The Morgan fingerprint density at radius 1 is 1.33 bits per heavy atom. The number of benzene rings is 1. The highest BCUT2D eigenvalue weighted by Gasteiger charge is 2.54. The molecule has 0 spiro atoms. The van der Waals surface area contributed by atoms with Gasteiger partial charge < -0.3 is 14.8 Å². The van der Waals surface area contributed by atoms with Crippen LogP contribution >= 0.6 is 22.6 Å². The van der Waals surface area contributed by atoms with Gasteiger partial charge in [0.15, 0.2) is 0 Å². The lowest BCUT2D eigenvalue weighted by Crippen LogP contribution is -2.32. The lowest BCUT2D eigenvalue weighted by molar-refractivity contribution is -0.107. The first-order valence-corrected chi connectivity index (χ1v) is 11.8. The van der Waals surface area contributed by atoms with Crippen LogP contribution in [0.25, 0.3) is 0 Å². The summed E-state index contributed by atoms with van der Waals surface area (Å²) >= 11 is 1.98. The Morgan fingerprint density at radius 2 is 2.07 bits per heavy atom. The van der Waals surface area contributed by atoms with Crippen molar-refractivity contribution in [2.45, 2.75) is 37.5 Å². The highest BCUT2D eigenvalue weighted by molar-refractivity contribution is 14.1. The maximum absolute atomic E-state index is 14.5. The van der Waals surface area contributed by atoms with Gasteiger partial charge >= 0.3 is 0 Å². The molecule has 30 heavy (non-hydrogen) atoms.